The quantitative estimate of drug-likeness (QED) is 0.452. The Kier molecular flexibility index (Phi) is 7.14. The Morgan fingerprint density at radius 1 is 1.72 bits per heavy atom. The maximum absolute atomic E-state index is 10.3. The maximum Gasteiger partial charge on any atom is 0.263 e. The van der Waals surface area contributed by atoms with Gasteiger partial charge in [-0.25, -0.2) is 4.98 Å². The van der Waals surface area contributed by atoms with Crippen molar-refractivity contribution in [3.63, 3.8) is 0 Å². The van der Waals surface area contributed by atoms with E-state index in [0.29, 0.717) is 5.03 Å². The summed E-state index contributed by atoms with van der Waals surface area (Å²) in [6.45, 7) is 2.70. The van der Waals surface area contributed by atoms with E-state index >= 15 is 0 Å². The average Bonchev–Trinajstić information content (AvgIpc) is 2.72. The van der Waals surface area contributed by atoms with Crippen molar-refractivity contribution in [2.24, 2.45) is 0 Å². The minimum absolute atomic E-state index is 0.440. The summed E-state index contributed by atoms with van der Waals surface area (Å²) in [6, 6.07) is 0. The first-order valence-corrected chi connectivity index (χ1v) is 8.49. The van der Waals surface area contributed by atoms with Crippen LogP contribution in [0.4, 0.5) is 0 Å². The van der Waals surface area contributed by atoms with Crippen molar-refractivity contribution in [2.75, 3.05) is 18.6 Å². The highest BCUT2D eigenvalue weighted by molar-refractivity contribution is 8.02. The lowest BCUT2D eigenvalue weighted by atomic mass is 10.6. The third-order valence-electron chi connectivity index (χ3n) is 1.88. The van der Waals surface area contributed by atoms with Crippen LogP contribution in [0, 0.1) is 17.0 Å². The molecule has 0 aliphatic rings. The van der Waals surface area contributed by atoms with E-state index in [2.05, 4.69) is 10.3 Å². The Bertz CT molecular complexity index is 420. The van der Waals surface area contributed by atoms with E-state index in [4.69, 9.17) is 0 Å². The van der Waals surface area contributed by atoms with Gasteiger partial charge < -0.3 is 5.32 Å². The Hall–Kier alpha value is -0.730. The standard InChI is InChI=1S/C10H15N3O2S3/c1-8-6-18-10(12-8)7-17-4-3-11-9(16-2)5-13(14)15/h5-6,11H,3-4,7H2,1-2H3/b9-5+. The molecule has 1 aromatic rings. The molecule has 5 nitrogen and oxygen atoms in total. The number of thiazole rings is 1. The Labute approximate surface area is 119 Å². The number of nitro groups is 1. The number of rotatable bonds is 8. The number of aromatic nitrogens is 1. The van der Waals surface area contributed by atoms with Gasteiger partial charge in [-0.3, -0.25) is 10.1 Å². The van der Waals surface area contributed by atoms with Gasteiger partial charge in [-0.05, 0) is 13.2 Å². The van der Waals surface area contributed by atoms with E-state index < -0.39 is 4.92 Å². The largest absolute Gasteiger partial charge is 0.374 e. The number of thioether (sulfide) groups is 2. The molecule has 18 heavy (non-hydrogen) atoms. The summed E-state index contributed by atoms with van der Waals surface area (Å²) in [4.78, 5) is 14.2. The summed E-state index contributed by atoms with van der Waals surface area (Å²) in [7, 11) is 0. The summed E-state index contributed by atoms with van der Waals surface area (Å²) in [6.07, 6.45) is 2.81. The Balaban J connectivity index is 2.16. The summed E-state index contributed by atoms with van der Waals surface area (Å²) < 4.78 is 0. The molecule has 8 heteroatoms. The van der Waals surface area contributed by atoms with E-state index in [1.807, 2.05) is 18.6 Å². The predicted octanol–water partition coefficient (Wildman–Crippen LogP) is 2.71. The van der Waals surface area contributed by atoms with Crippen LogP contribution in [0.1, 0.15) is 10.7 Å². The average molecular weight is 305 g/mol. The molecule has 100 valence electrons. The van der Waals surface area contributed by atoms with Crippen LogP contribution in [0.3, 0.4) is 0 Å². The molecule has 1 N–H and O–H groups in total. The van der Waals surface area contributed by atoms with Crippen molar-refractivity contribution in [3.8, 4) is 0 Å². The van der Waals surface area contributed by atoms with Crippen LogP contribution in [0.25, 0.3) is 0 Å². The normalized spacial score (nSPS) is 11.6. The maximum atomic E-state index is 10.3. The van der Waals surface area contributed by atoms with Gasteiger partial charge in [0, 0.05) is 29.1 Å². The molecule has 0 aliphatic heterocycles. The first kappa shape index (κ1) is 15.3. The van der Waals surface area contributed by atoms with Crippen molar-refractivity contribution in [1.82, 2.24) is 10.3 Å². The Morgan fingerprint density at radius 2 is 2.50 bits per heavy atom. The van der Waals surface area contributed by atoms with Gasteiger partial charge in [0.05, 0.1) is 4.92 Å². The summed E-state index contributed by atoms with van der Waals surface area (Å²) in [5.74, 6) is 1.79. The Morgan fingerprint density at radius 3 is 3.06 bits per heavy atom. The molecule has 0 aromatic carbocycles. The summed E-state index contributed by atoms with van der Waals surface area (Å²) >= 11 is 4.78. The molecule has 1 rings (SSSR count). The van der Waals surface area contributed by atoms with Crippen LogP contribution in [-0.4, -0.2) is 28.5 Å². The number of hydrogen-bond acceptors (Lipinski definition) is 7. The fourth-order valence-corrected chi connectivity index (χ4v) is 3.29. The van der Waals surface area contributed by atoms with Crippen LogP contribution < -0.4 is 5.32 Å². The highest BCUT2D eigenvalue weighted by Crippen LogP contribution is 2.16. The van der Waals surface area contributed by atoms with E-state index in [1.165, 1.54) is 11.8 Å². The smallest absolute Gasteiger partial charge is 0.263 e. The zero-order chi connectivity index (χ0) is 13.4. The van der Waals surface area contributed by atoms with Crippen molar-refractivity contribution >= 4 is 34.9 Å². The van der Waals surface area contributed by atoms with Gasteiger partial charge in [-0.2, -0.15) is 11.8 Å². The first-order chi connectivity index (χ1) is 8.61. The van der Waals surface area contributed by atoms with E-state index in [0.717, 1.165) is 35.0 Å². The van der Waals surface area contributed by atoms with Crippen molar-refractivity contribution in [3.05, 3.63) is 37.4 Å². The SMILES string of the molecule is CS/C(=C/[N+](=O)[O-])NCCSCc1nc(C)cs1. The van der Waals surface area contributed by atoms with Crippen LogP contribution >= 0.6 is 34.9 Å². The topological polar surface area (TPSA) is 68.1 Å². The van der Waals surface area contributed by atoms with Crippen LogP contribution in [-0.2, 0) is 5.75 Å². The van der Waals surface area contributed by atoms with Crippen LogP contribution in [0.15, 0.2) is 16.6 Å². The molecule has 0 fully saturated rings. The molecule has 0 atom stereocenters. The van der Waals surface area contributed by atoms with Gasteiger partial charge in [0.2, 0.25) is 0 Å². The van der Waals surface area contributed by atoms with Gasteiger partial charge in [0.15, 0.2) is 0 Å². The van der Waals surface area contributed by atoms with Gasteiger partial charge in [-0.15, -0.1) is 23.1 Å². The van der Waals surface area contributed by atoms with Crippen molar-refractivity contribution in [2.45, 2.75) is 12.7 Å². The highest BCUT2D eigenvalue weighted by atomic mass is 32.2. The molecule has 0 spiro atoms. The predicted molar refractivity (Wildman–Crippen MR) is 79.6 cm³/mol. The minimum atomic E-state index is -0.440. The molecule has 0 bridgehead atoms. The molecule has 1 aromatic heterocycles. The molecule has 1 heterocycles. The lowest BCUT2D eigenvalue weighted by Crippen LogP contribution is -2.15. The molecule has 0 aliphatic carbocycles. The number of hydrogen-bond donors (Lipinski definition) is 1. The number of nitrogens with zero attached hydrogens (tertiary/aromatic N) is 2. The number of aryl methyl sites for hydroxylation is 1. The van der Waals surface area contributed by atoms with Crippen LogP contribution in [0.2, 0.25) is 0 Å². The molecule has 0 saturated heterocycles. The second-order valence-corrected chi connectivity index (χ2v) is 6.24. The second kappa shape index (κ2) is 8.39. The van der Waals surface area contributed by atoms with Crippen molar-refractivity contribution in [1.29, 1.82) is 0 Å². The summed E-state index contributed by atoms with van der Waals surface area (Å²) in [5, 5.41) is 17.1. The monoisotopic (exact) mass is 305 g/mol. The van der Waals surface area contributed by atoms with E-state index in [1.54, 1.807) is 23.1 Å². The highest BCUT2D eigenvalue weighted by Gasteiger charge is 2.01. The van der Waals surface area contributed by atoms with Gasteiger partial charge in [-0.1, -0.05) is 0 Å². The number of nitrogens with one attached hydrogen (secondary N) is 1. The molecular weight excluding hydrogens is 290 g/mol. The van der Waals surface area contributed by atoms with E-state index in [-0.39, 0.29) is 0 Å². The van der Waals surface area contributed by atoms with Gasteiger partial charge in [0.1, 0.15) is 10.0 Å². The lowest BCUT2D eigenvalue weighted by Gasteiger charge is -2.05. The van der Waals surface area contributed by atoms with Crippen molar-refractivity contribution < 1.29 is 4.92 Å². The first-order valence-electron chi connectivity index (χ1n) is 5.23. The molecule has 0 radical (unpaired) electrons. The fraction of sp³-hybridized carbons (Fsp3) is 0.500. The van der Waals surface area contributed by atoms with Gasteiger partial charge in [0.25, 0.3) is 6.20 Å². The molecular formula is C10H15N3O2S3. The molecule has 0 saturated carbocycles. The third-order valence-corrected chi connectivity index (χ3v) is 4.69. The minimum Gasteiger partial charge on any atom is -0.374 e. The van der Waals surface area contributed by atoms with E-state index in [9.17, 15) is 10.1 Å². The third kappa shape index (κ3) is 6.27. The molecule has 0 unspecified atom stereocenters. The summed E-state index contributed by atoms with van der Waals surface area (Å²) in [5.41, 5.74) is 1.06. The van der Waals surface area contributed by atoms with Gasteiger partial charge >= 0.3 is 0 Å². The second-order valence-electron chi connectivity index (χ2n) is 3.34. The van der Waals surface area contributed by atoms with Crippen LogP contribution in [0.5, 0.6) is 0 Å². The zero-order valence-corrected chi connectivity index (χ0v) is 12.7. The molecule has 0 amide bonds. The lowest BCUT2D eigenvalue weighted by molar-refractivity contribution is -0.403. The fourth-order valence-electron chi connectivity index (χ4n) is 1.14. The zero-order valence-electron chi connectivity index (χ0n) is 10.2.